The highest BCUT2D eigenvalue weighted by molar-refractivity contribution is 5.67. The predicted octanol–water partition coefficient (Wildman–Crippen LogP) is 4.91. The van der Waals surface area contributed by atoms with Crippen molar-refractivity contribution in [1.29, 1.82) is 10.5 Å². The minimum Gasteiger partial charge on any atom is -0.275 e. The van der Waals surface area contributed by atoms with Gasteiger partial charge in [0.15, 0.2) is 11.6 Å². The maximum Gasteiger partial charge on any atom is 0.168 e. The zero-order valence-electron chi connectivity index (χ0n) is 15.9. The predicted molar refractivity (Wildman–Crippen MR) is 111 cm³/mol. The number of nitriles is 2. The van der Waals surface area contributed by atoms with Crippen molar-refractivity contribution in [3.8, 4) is 40.6 Å². The molecule has 0 aliphatic rings. The highest BCUT2D eigenvalue weighted by atomic mass is 15.3. The van der Waals surface area contributed by atoms with E-state index in [2.05, 4.69) is 53.5 Å². The summed E-state index contributed by atoms with van der Waals surface area (Å²) in [4.78, 5) is 0. The Kier molecular flexibility index (Phi) is 4.88. The number of nitrogens with zero attached hydrogens (tertiary/aromatic N) is 5. The van der Waals surface area contributed by atoms with E-state index in [0.717, 1.165) is 23.2 Å². The van der Waals surface area contributed by atoms with Crippen LogP contribution >= 0.6 is 0 Å². The zero-order chi connectivity index (χ0) is 20.2. The van der Waals surface area contributed by atoms with E-state index in [4.69, 9.17) is 10.5 Å². The van der Waals surface area contributed by atoms with E-state index >= 15 is 0 Å². The van der Waals surface area contributed by atoms with Crippen LogP contribution in [0.1, 0.15) is 23.6 Å². The Labute approximate surface area is 169 Å². The highest BCUT2D eigenvalue weighted by Gasteiger charge is 2.17. The fraction of sp³-hybridized carbons (Fsp3) is 0.0833. The molecule has 0 N–H and O–H groups in total. The largest absolute Gasteiger partial charge is 0.275 e. The molecule has 0 aliphatic heterocycles. The van der Waals surface area contributed by atoms with Crippen LogP contribution < -0.4 is 0 Å². The lowest BCUT2D eigenvalue weighted by Gasteiger charge is -2.12. The second kappa shape index (κ2) is 7.80. The Balaban J connectivity index is 1.89. The first-order valence-electron chi connectivity index (χ1n) is 9.29. The molecule has 0 aliphatic carbocycles. The Morgan fingerprint density at radius 3 is 1.52 bits per heavy atom. The van der Waals surface area contributed by atoms with Gasteiger partial charge in [0.25, 0.3) is 0 Å². The van der Waals surface area contributed by atoms with Crippen LogP contribution in [0.3, 0.4) is 0 Å². The molecule has 138 valence electrons. The standard InChI is InChI=1S/C24H17N5/c1-2-17-7-13-22(14-8-17)29-23(20-9-3-18(15-25)4-10-20)27-28-24(29)21-11-5-19(16-26)6-12-21/h3-14H,2H2,1H3. The molecule has 0 saturated heterocycles. The fourth-order valence-corrected chi connectivity index (χ4v) is 3.17. The van der Waals surface area contributed by atoms with Crippen molar-refractivity contribution in [2.24, 2.45) is 0 Å². The van der Waals surface area contributed by atoms with Crippen LogP contribution in [0.2, 0.25) is 0 Å². The van der Waals surface area contributed by atoms with Gasteiger partial charge in [0.2, 0.25) is 0 Å². The summed E-state index contributed by atoms with van der Waals surface area (Å²) < 4.78 is 2.00. The first-order chi connectivity index (χ1) is 14.2. The normalized spacial score (nSPS) is 10.3. The lowest BCUT2D eigenvalue weighted by Crippen LogP contribution is -2.01. The van der Waals surface area contributed by atoms with Crippen LogP contribution in [0, 0.1) is 22.7 Å². The number of aromatic nitrogens is 3. The van der Waals surface area contributed by atoms with Gasteiger partial charge in [-0.3, -0.25) is 4.57 Å². The van der Waals surface area contributed by atoms with Crippen LogP contribution in [0.15, 0.2) is 72.8 Å². The fourth-order valence-electron chi connectivity index (χ4n) is 3.17. The van der Waals surface area contributed by atoms with E-state index in [1.54, 1.807) is 24.3 Å². The van der Waals surface area contributed by atoms with Crippen molar-refractivity contribution in [3.63, 3.8) is 0 Å². The Morgan fingerprint density at radius 2 is 1.14 bits per heavy atom. The second-order valence-corrected chi connectivity index (χ2v) is 6.58. The molecule has 1 aromatic heterocycles. The monoisotopic (exact) mass is 375 g/mol. The maximum atomic E-state index is 9.07. The van der Waals surface area contributed by atoms with Gasteiger partial charge in [0.05, 0.1) is 23.3 Å². The van der Waals surface area contributed by atoms with Gasteiger partial charge >= 0.3 is 0 Å². The van der Waals surface area contributed by atoms with Crippen molar-refractivity contribution in [2.45, 2.75) is 13.3 Å². The first-order valence-corrected chi connectivity index (χ1v) is 9.29. The third kappa shape index (κ3) is 3.50. The van der Waals surface area contributed by atoms with Gasteiger partial charge < -0.3 is 0 Å². The van der Waals surface area contributed by atoms with Crippen molar-refractivity contribution in [3.05, 3.63) is 89.5 Å². The zero-order valence-corrected chi connectivity index (χ0v) is 15.9. The van der Waals surface area contributed by atoms with E-state index in [0.29, 0.717) is 22.8 Å². The number of hydrogen-bond donors (Lipinski definition) is 0. The summed E-state index contributed by atoms with van der Waals surface area (Å²) in [5.74, 6) is 1.39. The molecular formula is C24H17N5. The van der Waals surface area contributed by atoms with Crippen LogP contribution in [0.25, 0.3) is 28.5 Å². The van der Waals surface area contributed by atoms with Crippen LogP contribution in [0.5, 0.6) is 0 Å². The highest BCUT2D eigenvalue weighted by Crippen LogP contribution is 2.29. The minimum absolute atomic E-state index is 0.597. The van der Waals surface area contributed by atoms with Gasteiger partial charge in [-0.2, -0.15) is 10.5 Å². The number of aryl methyl sites for hydroxylation is 1. The molecule has 5 heteroatoms. The third-order valence-electron chi connectivity index (χ3n) is 4.81. The molecule has 0 atom stereocenters. The van der Waals surface area contributed by atoms with Crippen molar-refractivity contribution in [2.75, 3.05) is 0 Å². The van der Waals surface area contributed by atoms with Gasteiger partial charge in [-0.15, -0.1) is 10.2 Å². The SMILES string of the molecule is CCc1ccc(-n2c(-c3ccc(C#N)cc3)nnc2-c2ccc(C#N)cc2)cc1. The summed E-state index contributed by atoms with van der Waals surface area (Å²) in [7, 11) is 0. The van der Waals surface area contributed by atoms with Gasteiger partial charge in [0.1, 0.15) is 0 Å². The summed E-state index contributed by atoms with van der Waals surface area (Å²) in [6, 6.07) is 27.2. The average Bonchev–Trinajstić information content (AvgIpc) is 3.24. The molecule has 3 aromatic carbocycles. The van der Waals surface area contributed by atoms with E-state index < -0.39 is 0 Å². The van der Waals surface area contributed by atoms with Gasteiger partial charge in [-0.05, 0) is 72.6 Å². The molecule has 5 nitrogen and oxygen atoms in total. The molecule has 0 saturated carbocycles. The molecule has 0 bridgehead atoms. The summed E-state index contributed by atoms with van der Waals surface area (Å²) in [6.07, 6.45) is 0.966. The van der Waals surface area contributed by atoms with E-state index in [9.17, 15) is 0 Å². The third-order valence-corrected chi connectivity index (χ3v) is 4.81. The van der Waals surface area contributed by atoms with Crippen molar-refractivity contribution in [1.82, 2.24) is 14.8 Å². The van der Waals surface area contributed by atoms with Gasteiger partial charge in [-0.1, -0.05) is 19.1 Å². The average molecular weight is 375 g/mol. The van der Waals surface area contributed by atoms with E-state index in [-0.39, 0.29) is 0 Å². The molecule has 0 radical (unpaired) electrons. The van der Waals surface area contributed by atoms with Crippen LogP contribution in [-0.4, -0.2) is 14.8 Å². The molecule has 0 amide bonds. The quantitative estimate of drug-likeness (QED) is 0.508. The second-order valence-electron chi connectivity index (χ2n) is 6.58. The summed E-state index contributed by atoms with van der Waals surface area (Å²) >= 11 is 0. The lowest BCUT2D eigenvalue weighted by atomic mass is 10.1. The summed E-state index contributed by atoms with van der Waals surface area (Å²) in [5, 5.41) is 27.0. The molecule has 29 heavy (non-hydrogen) atoms. The lowest BCUT2D eigenvalue weighted by molar-refractivity contribution is 1.06. The topological polar surface area (TPSA) is 78.3 Å². The first kappa shape index (κ1) is 18.2. The van der Waals surface area contributed by atoms with E-state index in [1.165, 1.54) is 5.56 Å². The summed E-state index contributed by atoms with van der Waals surface area (Å²) in [5.41, 5.74) is 5.14. The maximum absolute atomic E-state index is 9.07. The van der Waals surface area contributed by atoms with Gasteiger partial charge in [0, 0.05) is 16.8 Å². The van der Waals surface area contributed by atoms with Crippen LogP contribution in [0.4, 0.5) is 0 Å². The molecule has 0 unspecified atom stereocenters. The molecule has 0 spiro atoms. The number of hydrogen-bond acceptors (Lipinski definition) is 4. The molecule has 4 aromatic rings. The molecule has 1 heterocycles. The molecular weight excluding hydrogens is 358 g/mol. The molecule has 4 rings (SSSR count). The van der Waals surface area contributed by atoms with Crippen molar-refractivity contribution >= 4 is 0 Å². The Bertz CT molecular complexity index is 1140. The Morgan fingerprint density at radius 1 is 0.690 bits per heavy atom. The number of benzene rings is 3. The van der Waals surface area contributed by atoms with Crippen molar-refractivity contribution < 1.29 is 0 Å². The summed E-state index contributed by atoms with van der Waals surface area (Å²) in [6.45, 7) is 2.12. The number of rotatable bonds is 4. The Hall–Kier alpha value is -4.22. The molecule has 0 fully saturated rings. The van der Waals surface area contributed by atoms with Crippen LogP contribution in [-0.2, 0) is 6.42 Å². The van der Waals surface area contributed by atoms with Gasteiger partial charge in [-0.25, -0.2) is 0 Å². The van der Waals surface area contributed by atoms with E-state index in [1.807, 2.05) is 28.8 Å². The minimum atomic E-state index is 0.597. The smallest absolute Gasteiger partial charge is 0.168 e.